The molecule has 0 aromatic heterocycles. The lowest BCUT2D eigenvalue weighted by Gasteiger charge is -2.26. The van der Waals surface area contributed by atoms with Gasteiger partial charge in [0.25, 0.3) is 0 Å². The number of guanidine groups is 1. The molecule has 0 aliphatic carbocycles. The number of rotatable bonds is 8. The summed E-state index contributed by atoms with van der Waals surface area (Å²) < 4.78 is 10.7. The zero-order chi connectivity index (χ0) is 19.6. The Kier molecular flexibility index (Phi) is 13.0. The summed E-state index contributed by atoms with van der Waals surface area (Å²) >= 11 is 0. The summed E-state index contributed by atoms with van der Waals surface area (Å²) in [6.45, 7) is 14.3. The average molecular weight is 499 g/mol. The highest BCUT2D eigenvalue weighted by Crippen LogP contribution is 2.10. The van der Waals surface area contributed by atoms with Crippen molar-refractivity contribution in [2.24, 2.45) is 16.6 Å². The molecule has 0 aromatic rings. The van der Waals surface area contributed by atoms with Gasteiger partial charge >= 0.3 is 6.09 Å². The SMILES string of the molecule is CC(CN=C(N)NCCCN1CCOCC1)CN(C)C(=O)OC(C)(C)C.I. The molecule has 3 N–H and O–H groups in total. The topological polar surface area (TPSA) is 92.4 Å². The lowest BCUT2D eigenvalue weighted by Crippen LogP contribution is -2.39. The monoisotopic (exact) mass is 499 g/mol. The Morgan fingerprint density at radius 1 is 1.37 bits per heavy atom. The summed E-state index contributed by atoms with van der Waals surface area (Å²) in [4.78, 5) is 20.3. The molecular formula is C18H38IN5O3. The van der Waals surface area contributed by atoms with Crippen molar-refractivity contribution in [3.05, 3.63) is 0 Å². The molecule has 0 spiro atoms. The molecular weight excluding hydrogens is 461 g/mol. The predicted octanol–water partition coefficient (Wildman–Crippen LogP) is 1.73. The second-order valence-corrected chi connectivity index (χ2v) is 7.93. The van der Waals surface area contributed by atoms with Crippen molar-refractivity contribution in [2.75, 3.05) is 59.5 Å². The number of nitrogens with zero attached hydrogens (tertiary/aromatic N) is 3. The first-order valence-electron chi connectivity index (χ1n) is 9.45. The van der Waals surface area contributed by atoms with Crippen molar-refractivity contribution in [1.29, 1.82) is 0 Å². The van der Waals surface area contributed by atoms with Crippen LogP contribution in [0.5, 0.6) is 0 Å². The first-order chi connectivity index (χ1) is 12.2. The molecule has 0 saturated carbocycles. The number of amides is 1. The van der Waals surface area contributed by atoms with Crippen LogP contribution in [0.4, 0.5) is 4.79 Å². The number of ether oxygens (including phenoxy) is 2. The zero-order valence-electron chi connectivity index (χ0n) is 17.5. The molecule has 1 rings (SSSR count). The van der Waals surface area contributed by atoms with Crippen molar-refractivity contribution >= 4 is 36.0 Å². The summed E-state index contributed by atoms with van der Waals surface area (Å²) in [5, 5.41) is 3.15. The fourth-order valence-corrected chi connectivity index (χ4v) is 2.59. The molecule has 8 nitrogen and oxygen atoms in total. The summed E-state index contributed by atoms with van der Waals surface area (Å²) in [6, 6.07) is 0. The highest BCUT2D eigenvalue weighted by atomic mass is 127. The third-order valence-corrected chi connectivity index (χ3v) is 3.92. The number of hydrogen-bond acceptors (Lipinski definition) is 5. The zero-order valence-corrected chi connectivity index (χ0v) is 19.8. The van der Waals surface area contributed by atoms with Crippen molar-refractivity contribution in [2.45, 2.75) is 39.7 Å². The fourth-order valence-electron chi connectivity index (χ4n) is 2.59. The largest absolute Gasteiger partial charge is 0.444 e. The lowest BCUT2D eigenvalue weighted by molar-refractivity contribution is 0.0279. The second-order valence-electron chi connectivity index (χ2n) is 7.93. The normalized spacial score (nSPS) is 17.0. The minimum atomic E-state index is -0.484. The van der Waals surface area contributed by atoms with Gasteiger partial charge in [-0.15, -0.1) is 24.0 Å². The number of carbonyl (C=O) groups is 1. The summed E-state index contributed by atoms with van der Waals surface area (Å²) in [5.74, 6) is 0.653. The van der Waals surface area contributed by atoms with Crippen LogP contribution < -0.4 is 11.1 Å². The van der Waals surface area contributed by atoms with Crippen LogP contribution in [0.15, 0.2) is 4.99 Å². The number of nitrogens with two attached hydrogens (primary N) is 1. The highest BCUT2D eigenvalue weighted by molar-refractivity contribution is 14.0. The Morgan fingerprint density at radius 3 is 2.59 bits per heavy atom. The lowest BCUT2D eigenvalue weighted by atomic mass is 10.2. The van der Waals surface area contributed by atoms with E-state index in [9.17, 15) is 4.79 Å². The van der Waals surface area contributed by atoms with Crippen LogP contribution >= 0.6 is 24.0 Å². The molecule has 0 bridgehead atoms. The van der Waals surface area contributed by atoms with Crippen LogP contribution in [0, 0.1) is 5.92 Å². The van der Waals surface area contributed by atoms with Gasteiger partial charge in [-0.2, -0.15) is 0 Å². The summed E-state index contributed by atoms with van der Waals surface area (Å²) in [7, 11) is 1.74. The van der Waals surface area contributed by atoms with E-state index < -0.39 is 5.60 Å². The van der Waals surface area contributed by atoms with Gasteiger partial charge in [-0.05, 0) is 39.7 Å². The number of hydrogen-bond donors (Lipinski definition) is 2. The molecule has 1 unspecified atom stereocenters. The second kappa shape index (κ2) is 13.4. The van der Waals surface area contributed by atoms with Gasteiger partial charge in [-0.3, -0.25) is 9.89 Å². The number of nitrogens with one attached hydrogen (secondary N) is 1. The number of carbonyl (C=O) groups excluding carboxylic acids is 1. The molecule has 0 aromatic carbocycles. The van der Waals surface area contributed by atoms with Gasteiger partial charge in [0.05, 0.1) is 13.2 Å². The van der Waals surface area contributed by atoms with E-state index in [4.69, 9.17) is 15.2 Å². The van der Waals surface area contributed by atoms with Crippen LogP contribution in [0.3, 0.4) is 0 Å². The third-order valence-electron chi connectivity index (χ3n) is 3.92. The average Bonchev–Trinajstić information content (AvgIpc) is 2.56. The van der Waals surface area contributed by atoms with Gasteiger partial charge in [0.15, 0.2) is 5.96 Å². The van der Waals surface area contributed by atoms with Crippen molar-refractivity contribution < 1.29 is 14.3 Å². The summed E-state index contributed by atoms with van der Waals surface area (Å²) in [6.07, 6.45) is 0.704. The maximum absolute atomic E-state index is 12.0. The minimum absolute atomic E-state index is 0. The van der Waals surface area contributed by atoms with Gasteiger partial charge in [0.1, 0.15) is 5.60 Å². The van der Waals surface area contributed by atoms with Gasteiger partial charge in [0.2, 0.25) is 0 Å². The Balaban J connectivity index is 0.00000676. The minimum Gasteiger partial charge on any atom is -0.444 e. The molecule has 1 heterocycles. The maximum atomic E-state index is 12.0. The van der Waals surface area contributed by atoms with Crippen molar-refractivity contribution in [3.8, 4) is 0 Å². The van der Waals surface area contributed by atoms with E-state index in [0.29, 0.717) is 19.0 Å². The molecule has 1 aliphatic rings. The highest BCUT2D eigenvalue weighted by Gasteiger charge is 2.20. The van der Waals surface area contributed by atoms with Gasteiger partial charge in [0, 0.05) is 39.8 Å². The van der Waals surface area contributed by atoms with E-state index in [-0.39, 0.29) is 36.0 Å². The number of aliphatic imine (C=N–C) groups is 1. The van der Waals surface area contributed by atoms with Gasteiger partial charge in [-0.1, -0.05) is 6.92 Å². The quantitative estimate of drug-likeness (QED) is 0.229. The summed E-state index contributed by atoms with van der Waals surface area (Å²) in [5.41, 5.74) is 5.43. The Labute approximate surface area is 181 Å². The van der Waals surface area contributed by atoms with Crippen LogP contribution in [0.1, 0.15) is 34.1 Å². The van der Waals surface area contributed by atoms with E-state index in [1.54, 1.807) is 11.9 Å². The Morgan fingerprint density at radius 2 is 2.00 bits per heavy atom. The maximum Gasteiger partial charge on any atom is 0.410 e. The predicted molar refractivity (Wildman–Crippen MR) is 120 cm³/mol. The molecule has 27 heavy (non-hydrogen) atoms. The number of morpholine rings is 1. The van der Waals surface area contributed by atoms with Crippen LogP contribution in [0.2, 0.25) is 0 Å². The third kappa shape index (κ3) is 13.1. The smallest absolute Gasteiger partial charge is 0.410 e. The van der Waals surface area contributed by atoms with E-state index in [1.807, 2.05) is 27.7 Å². The molecule has 1 amide bonds. The first-order valence-corrected chi connectivity index (χ1v) is 9.45. The van der Waals surface area contributed by atoms with Gasteiger partial charge in [-0.25, -0.2) is 4.79 Å². The van der Waals surface area contributed by atoms with E-state index >= 15 is 0 Å². The van der Waals surface area contributed by atoms with Crippen molar-refractivity contribution in [1.82, 2.24) is 15.1 Å². The molecule has 9 heteroatoms. The standard InChI is InChI=1S/C18H37N5O3.HI/c1-15(14-22(5)17(24)26-18(2,3)4)13-21-16(19)20-7-6-8-23-9-11-25-12-10-23;/h15H,6-14H2,1-5H3,(H3,19,20,21);1H. The van der Waals surface area contributed by atoms with E-state index in [2.05, 4.69) is 15.2 Å². The molecule has 1 saturated heterocycles. The fraction of sp³-hybridized carbons (Fsp3) is 0.889. The van der Waals surface area contributed by atoms with Crippen LogP contribution in [0.25, 0.3) is 0 Å². The number of halogens is 1. The molecule has 1 fully saturated rings. The molecule has 1 aliphatic heterocycles. The first kappa shape index (κ1) is 26.2. The molecule has 1 atom stereocenters. The van der Waals surface area contributed by atoms with E-state index in [0.717, 1.165) is 45.8 Å². The van der Waals surface area contributed by atoms with Crippen LogP contribution in [-0.4, -0.2) is 87.0 Å². The van der Waals surface area contributed by atoms with Gasteiger partial charge < -0.3 is 25.4 Å². The van der Waals surface area contributed by atoms with Crippen LogP contribution in [-0.2, 0) is 9.47 Å². The Hall–Kier alpha value is -0.810. The molecule has 160 valence electrons. The Bertz CT molecular complexity index is 451. The van der Waals surface area contributed by atoms with Crippen molar-refractivity contribution in [3.63, 3.8) is 0 Å². The van der Waals surface area contributed by atoms with E-state index in [1.165, 1.54) is 0 Å². The molecule has 0 radical (unpaired) electrons.